The highest BCUT2D eigenvalue weighted by atomic mass is 32.2. The number of pyridine rings is 1. The van der Waals surface area contributed by atoms with Crippen molar-refractivity contribution in [2.75, 3.05) is 4.72 Å². The molecular formula is C28H23N5O2S. The van der Waals surface area contributed by atoms with E-state index in [0.717, 1.165) is 28.1 Å². The van der Waals surface area contributed by atoms with E-state index in [1.165, 1.54) is 0 Å². The van der Waals surface area contributed by atoms with Crippen LogP contribution in [0, 0.1) is 6.92 Å². The Hall–Kier alpha value is -4.56. The van der Waals surface area contributed by atoms with Crippen molar-refractivity contribution in [2.24, 2.45) is 4.99 Å². The van der Waals surface area contributed by atoms with Crippen LogP contribution in [0.2, 0.25) is 0 Å². The van der Waals surface area contributed by atoms with Gasteiger partial charge in [-0.25, -0.2) is 13.1 Å². The molecule has 0 aliphatic heterocycles. The van der Waals surface area contributed by atoms with Gasteiger partial charge in [0.05, 0.1) is 16.3 Å². The topological polar surface area (TPSA) is 89.2 Å². The predicted octanol–water partition coefficient (Wildman–Crippen LogP) is 5.79. The molecule has 0 radical (unpaired) electrons. The summed E-state index contributed by atoms with van der Waals surface area (Å²) < 4.78 is 29.9. The van der Waals surface area contributed by atoms with Crippen LogP contribution in [0.25, 0.3) is 16.9 Å². The Kier molecular flexibility index (Phi) is 6.42. The first-order valence-corrected chi connectivity index (χ1v) is 12.8. The van der Waals surface area contributed by atoms with Gasteiger partial charge in [-0.2, -0.15) is 5.10 Å². The van der Waals surface area contributed by atoms with Crippen molar-refractivity contribution in [3.8, 4) is 16.9 Å². The fourth-order valence-electron chi connectivity index (χ4n) is 3.61. The number of para-hydroxylation sites is 1. The van der Waals surface area contributed by atoms with Gasteiger partial charge in [0.2, 0.25) is 0 Å². The van der Waals surface area contributed by atoms with Gasteiger partial charge in [0, 0.05) is 41.6 Å². The molecule has 0 saturated carbocycles. The molecule has 3 aromatic carbocycles. The Morgan fingerprint density at radius 3 is 2.33 bits per heavy atom. The Bertz CT molecular complexity index is 1590. The fourth-order valence-corrected chi connectivity index (χ4v) is 4.67. The van der Waals surface area contributed by atoms with Gasteiger partial charge >= 0.3 is 0 Å². The Labute approximate surface area is 209 Å². The Morgan fingerprint density at radius 2 is 1.64 bits per heavy atom. The number of rotatable bonds is 7. The molecule has 0 atom stereocenters. The molecule has 0 spiro atoms. The van der Waals surface area contributed by atoms with Crippen LogP contribution >= 0.6 is 0 Å². The summed E-state index contributed by atoms with van der Waals surface area (Å²) in [5, 5.41) is 4.75. The zero-order valence-electron chi connectivity index (χ0n) is 19.5. The third-order valence-electron chi connectivity index (χ3n) is 5.50. The zero-order valence-corrected chi connectivity index (χ0v) is 20.3. The van der Waals surface area contributed by atoms with Gasteiger partial charge in [-0.05, 0) is 67.6 Å². The monoisotopic (exact) mass is 493 g/mol. The summed E-state index contributed by atoms with van der Waals surface area (Å²) in [4.78, 5) is 8.95. The molecule has 0 unspecified atom stereocenters. The van der Waals surface area contributed by atoms with Crippen LogP contribution in [0.3, 0.4) is 0 Å². The van der Waals surface area contributed by atoms with Crippen LogP contribution < -0.4 is 4.72 Å². The Morgan fingerprint density at radius 1 is 0.889 bits per heavy atom. The van der Waals surface area contributed by atoms with Crippen molar-refractivity contribution in [3.63, 3.8) is 0 Å². The minimum absolute atomic E-state index is 0.162. The van der Waals surface area contributed by atoms with E-state index in [2.05, 4.69) is 14.7 Å². The summed E-state index contributed by atoms with van der Waals surface area (Å²) >= 11 is 0. The summed E-state index contributed by atoms with van der Waals surface area (Å²) in [6.07, 6.45) is 7.11. The fraction of sp³-hybridized carbons (Fsp3) is 0.0357. The third kappa shape index (κ3) is 5.24. The molecule has 0 saturated heterocycles. The minimum Gasteiger partial charge on any atom is -0.280 e. The predicted molar refractivity (Wildman–Crippen MR) is 142 cm³/mol. The number of aryl methyl sites for hydroxylation is 1. The van der Waals surface area contributed by atoms with Crippen LogP contribution in [0.4, 0.5) is 11.4 Å². The molecule has 0 fully saturated rings. The summed E-state index contributed by atoms with van der Waals surface area (Å²) in [7, 11) is -3.70. The van der Waals surface area contributed by atoms with E-state index in [1.807, 2.05) is 67.7 Å². The second-order valence-electron chi connectivity index (χ2n) is 8.18. The number of benzene rings is 3. The molecule has 2 heterocycles. The van der Waals surface area contributed by atoms with Crippen LogP contribution in [-0.2, 0) is 10.0 Å². The van der Waals surface area contributed by atoms with Gasteiger partial charge in [-0.15, -0.1) is 0 Å². The summed E-state index contributed by atoms with van der Waals surface area (Å²) in [6.45, 7) is 1.95. The van der Waals surface area contributed by atoms with E-state index in [1.54, 1.807) is 59.7 Å². The smallest absolute Gasteiger partial charge is 0.261 e. The molecule has 0 amide bonds. The number of hydrogen-bond acceptors (Lipinski definition) is 5. The lowest BCUT2D eigenvalue weighted by molar-refractivity contribution is 0.601. The highest BCUT2D eigenvalue weighted by Crippen LogP contribution is 2.24. The molecule has 0 aliphatic carbocycles. The maximum absolute atomic E-state index is 12.7. The molecule has 1 N–H and O–H groups in total. The number of anilines is 1. The lowest BCUT2D eigenvalue weighted by atomic mass is 10.1. The molecule has 178 valence electrons. The molecular weight excluding hydrogens is 470 g/mol. The number of sulfonamides is 1. The maximum Gasteiger partial charge on any atom is 0.261 e. The van der Waals surface area contributed by atoms with Crippen LogP contribution in [0.1, 0.15) is 11.1 Å². The molecule has 0 aliphatic rings. The van der Waals surface area contributed by atoms with E-state index in [4.69, 9.17) is 5.10 Å². The first-order valence-electron chi connectivity index (χ1n) is 11.3. The molecule has 5 aromatic rings. The van der Waals surface area contributed by atoms with E-state index in [0.29, 0.717) is 11.4 Å². The van der Waals surface area contributed by atoms with Gasteiger partial charge in [-0.3, -0.25) is 14.7 Å². The van der Waals surface area contributed by atoms with Gasteiger partial charge < -0.3 is 0 Å². The summed E-state index contributed by atoms with van der Waals surface area (Å²) in [6, 6.07) is 27.2. The van der Waals surface area contributed by atoms with Crippen molar-refractivity contribution in [1.29, 1.82) is 0 Å². The second-order valence-corrected chi connectivity index (χ2v) is 9.86. The van der Waals surface area contributed by atoms with Crippen molar-refractivity contribution >= 4 is 27.6 Å². The lowest BCUT2D eigenvalue weighted by Gasteiger charge is -2.08. The van der Waals surface area contributed by atoms with E-state index >= 15 is 0 Å². The first kappa shape index (κ1) is 23.2. The summed E-state index contributed by atoms with van der Waals surface area (Å²) in [5.41, 5.74) is 5.55. The maximum atomic E-state index is 12.7. The quantitative estimate of drug-likeness (QED) is 0.291. The molecule has 8 heteroatoms. The molecule has 0 bridgehead atoms. The van der Waals surface area contributed by atoms with Gasteiger partial charge in [-0.1, -0.05) is 35.9 Å². The van der Waals surface area contributed by atoms with Crippen molar-refractivity contribution in [3.05, 3.63) is 121 Å². The average molecular weight is 494 g/mol. The van der Waals surface area contributed by atoms with Crippen LogP contribution in [0.15, 0.2) is 119 Å². The molecule has 36 heavy (non-hydrogen) atoms. The SMILES string of the molecule is Cc1ccc(NS(=O)(=O)c2ccc(N=Cc3cn(-c4ccccc4)nc3-c3cccnc3)cc2)cc1. The molecule has 2 aromatic heterocycles. The van der Waals surface area contributed by atoms with Crippen molar-refractivity contribution in [2.45, 2.75) is 11.8 Å². The van der Waals surface area contributed by atoms with Crippen molar-refractivity contribution in [1.82, 2.24) is 14.8 Å². The van der Waals surface area contributed by atoms with Gasteiger partial charge in [0.1, 0.15) is 5.69 Å². The minimum atomic E-state index is -3.70. The molecule has 7 nitrogen and oxygen atoms in total. The Balaban J connectivity index is 1.40. The standard InChI is InChI=1S/C28H23N5O2S/c1-21-9-11-25(12-10-21)32-36(34,35)27-15-13-24(14-16-27)30-19-23-20-33(26-7-3-2-4-8-26)31-28(23)22-6-5-17-29-18-22/h2-20,32H,1H3. The van der Waals surface area contributed by atoms with E-state index < -0.39 is 10.0 Å². The second kappa shape index (κ2) is 9.97. The highest BCUT2D eigenvalue weighted by Gasteiger charge is 2.14. The van der Waals surface area contributed by atoms with E-state index in [-0.39, 0.29) is 4.90 Å². The van der Waals surface area contributed by atoms with Crippen LogP contribution in [0.5, 0.6) is 0 Å². The number of hydrogen-bond donors (Lipinski definition) is 1. The normalized spacial score (nSPS) is 11.6. The van der Waals surface area contributed by atoms with Gasteiger partial charge in [0.15, 0.2) is 0 Å². The first-order chi connectivity index (χ1) is 17.5. The van der Waals surface area contributed by atoms with Gasteiger partial charge in [0.25, 0.3) is 10.0 Å². The van der Waals surface area contributed by atoms with Crippen LogP contribution in [-0.4, -0.2) is 29.4 Å². The van der Waals surface area contributed by atoms with E-state index in [9.17, 15) is 8.42 Å². The number of aromatic nitrogens is 3. The van der Waals surface area contributed by atoms with Crippen molar-refractivity contribution < 1.29 is 8.42 Å². The number of aliphatic imine (C=N–C) groups is 1. The number of nitrogens with zero attached hydrogens (tertiary/aromatic N) is 4. The zero-order chi connectivity index (χ0) is 25.0. The number of nitrogens with one attached hydrogen (secondary N) is 1. The average Bonchev–Trinajstić information content (AvgIpc) is 3.34. The summed E-state index contributed by atoms with van der Waals surface area (Å²) in [5.74, 6) is 0. The third-order valence-corrected chi connectivity index (χ3v) is 6.90. The lowest BCUT2D eigenvalue weighted by Crippen LogP contribution is -2.12. The highest BCUT2D eigenvalue weighted by molar-refractivity contribution is 7.92. The largest absolute Gasteiger partial charge is 0.280 e. The molecule has 5 rings (SSSR count).